The van der Waals surface area contributed by atoms with E-state index in [2.05, 4.69) is 5.32 Å². The molecule has 1 aromatic carbocycles. The van der Waals surface area contributed by atoms with E-state index in [1.54, 1.807) is 25.9 Å². The van der Waals surface area contributed by atoms with E-state index in [0.29, 0.717) is 12.8 Å². The average Bonchev–Trinajstić information content (AvgIpc) is 2.43. The topological polar surface area (TPSA) is 66.5 Å². The van der Waals surface area contributed by atoms with Crippen molar-refractivity contribution in [2.45, 2.75) is 31.1 Å². The van der Waals surface area contributed by atoms with Crippen molar-refractivity contribution in [1.82, 2.24) is 5.32 Å². The van der Waals surface area contributed by atoms with Gasteiger partial charge in [-0.2, -0.15) is 0 Å². The number of hydrogen-bond donors (Lipinski definition) is 1. The third kappa shape index (κ3) is 3.11. The van der Waals surface area contributed by atoms with Crippen LogP contribution in [0.4, 0.5) is 5.69 Å². The number of nitrogens with zero attached hydrogens (tertiary/aromatic N) is 1. The van der Waals surface area contributed by atoms with Crippen LogP contribution in [0.1, 0.15) is 30.5 Å². The van der Waals surface area contributed by atoms with Crippen LogP contribution in [-0.2, 0) is 21.1 Å². The summed E-state index contributed by atoms with van der Waals surface area (Å²) < 4.78 is 23.6. The molecule has 1 heterocycles. The van der Waals surface area contributed by atoms with Gasteiger partial charge in [0.25, 0.3) is 0 Å². The highest BCUT2D eigenvalue weighted by molar-refractivity contribution is 7.91. The number of sulfone groups is 1. The van der Waals surface area contributed by atoms with Crippen LogP contribution in [0, 0.1) is 0 Å². The number of rotatable bonds is 4. The van der Waals surface area contributed by atoms with Gasteiger partial charge in [-0.15, -0.1) is 0 Å². The van der Waals surface area contributed by atoms with Crippen LogP contribution in [0.15, 0.2) is 18.2 Å². The third-order valence-corrected chi connectivity index (χ3v) is 5.88. The predicted molar refractivity (Wildman–Crippen MR) is 84.3 cm³/mol. The number of anilines is 1. The summed E-state index contributed by atoms with van der Waals surface area (Å²) >= 11 is 0. The van der Waals surface area contributed by atoms with E-state index < -0.39 is 15.1 Å². The second-order valence-electron chi connectivity index (χ2n) is 5.64. The molecular weight excluding hydrogens is 288 g/mol. The van der Waals surface area contributed by atoms with Crippen LogP contribution in [0.25, 0.3) is 0 Å². The van der Waals surface area contributed by atoms with Crippen molar-refractivity contribution in [2.24, 2.45) is 0 Å². The molecule has 0 saturated carbocycles. The minimum Gasteiger partial charge on any atom is -0.315 e. The van der Waals surface area contributed by atoms with Gasteiger partial charge in [0.15, 0.2) is 9.84 Å². The molecular formula is C15H22N2O3S. The van der Waals surface area contributed by atoms with E-state index in [9.17, 15) is 13.2 Å². The average molecular weight is 310 g/mol. The summed E-state index contributed by atoms with van der Waals surface area (Å²) in [5.74, 6) is 0.116. The summed E-state index contributed by atoms with van der Waals surface area (Å²) in [6.07, 6.45) is 2.46. The van der Waals surface area contributed by atoms with E-state index in [4.69, 9.17) is 0 Å². The highest BCUT2D eigenvalue weighted by atomic mass is 32.2. The first-order valence-corrected chi connectivity index (χ1v) is 8.96. The lowest BCUT2D eigenvalue weighted by Gasteiger charge is -2.28. The summed E-state index contributed by atoms with van der Waals surface area (Å²) in [4.78, 5) is 13.4. The van der Waals surface area contributed by atoms with E-state index in [1.165, 1.54) is 6.26 Å². The maximum absolute atomic E-state index is 11.8. The Morgan fingerprint density at radius 2 is 1.95 bits per heavy atom. The second kappa shape index (κ2) is 5.77. The van der Waals surface area contributed by atoms with Crippen LogP contribution in [0.3, 0.4) is 0 Å². The van der Waals surface area contributed by atoms with Gasteiger partial charge in [-0.05, 0) is 37.6 Å². The number of carbonyl (C=O) groups excluding carboxylic acids is 1. The Kier molecular flexibility index (Phi) is 4.39. The molecule has 1 N–H and O–H groups in total. The third-order valence-electron chi connectivity index (χ3n) is 4.26. The quantitative estimate of drug-likeness (QED) is 0.910. The molecule has 0 radical (unpaired) electrons. The van der Waals surface area contributed by atoms with Gasteiger partial charge in [0.2, 0.25) is 5.91 Å². The number of amides is 1. The Balaban J connectivity index is 2.39. The van der Waals surface area contributed by atoms with Crippen LogP contribution in [-0.4, -0.2) is 39.9 Å². The molecule has 1 amide bonds. The fourth-order valence-electron chi connectivity index (χ4n) is 2.79. The fraction of sp³-hybridized carbons (Fsp3) is 0.533. The zero-order valence-electron chi connectivity index (χ0n) is 12.9. The highest BCUT2D eigenvalue weighted by Crippen LogP contribution is 2.31. The van der Waals surface area contributed by atoms with Gasteiger partial charge in [-0.3, -0.25) is 4.79 Å². The number of carbonyl (C=O) groups is 1. The molecule has 0 aromatic heterocycles. The van der Waals surface area contributed by atoms with Crippen molar-refractivity contribution >= 4 is 21.4 Å². The molecule has 2 unspecified atom stereocenters. The van der Waals surface area contributed by atoms with Gasteiger partial charge in [0, 0.05) is 31.5 Å². The predicted octanol–water partition coefficient (Wildman–Crippen LogP) is 1.29. The van der Waals surface area contributed by atoms with Gasteiger partial charge >= 0.3 is 0 Å². The smallest absolute Gasteiger partial charge is 0.227 e. The normalized spacial score (nSPS) is 18.3. The lowest BCUT2D eigenvalue weighted by atomic mass is 9.95. The van der Waals surface area contributed by atoms with Crippen molar-refractivity contribution in [3.8, 4) is 0 Å². The molecule has 0 spiro atoms. The van der Waals surface area contributed by atoms with E-state index in [-0.39, 0.29) is 11.9 Å². The number of hydrogen-bond acceptors (Lipinski definition) is 4. The Morgan fingerprint density at radius 1 is 1.29 bits per heavy atom. The van der Waals surface area contributed by atoms with Gasteiger partial charge in [0.05, 0.1) is 5.25 Å². The molecule has 1 aliphatic rings. The first kappa shape index (κ1) is 16.0. The summed E-state index contributed by atoms with van der Waals surface area (Å²) in [6.45, 7) is 1.71. The van der Waals surface area contributed by atoms with Gasteiger partial charge in [-0.1, -0.05) is 12.1 Å². The zero-order valence-corrected chi connectivity index (χ0v) is 13.7. The Hall–Kier alpha value is -1.40. The molecule has 0 saturated heterocycles. The molecule has 1 aliphatic heterocycles. The molecule has 0 fully saturated rings. The first-order chi connectivity index (χ1) is 9.75. The minimum absolute atomic E-state index is 0.116. The lowest BCUT2D eigenvalue weighted by molar-refractivity contribution is -0.118. The maximum Gasteiger partial charge on any atom is 0.227 e. The summed E-state index contributed by atoms with van der Waals surface area (Å²) in [5, 5.41) is 2.58. The molecule has 5 nitrogen and oxygen atoms in total. The molecule has 6 heteroatoms. The standard InChI is InChI=1S/C15H22N2O3S/c1-10(21(4,19)20)15(16-2)12-5-7-13-11(9-12)6-8-14(18)17(13)3/h5,7,9-10,15-16H,6,8H2,1-4H3. The number of benzene rings is 1. The first-order valence-electron chi connectivity index (χ1n) is 7.01. The second-order valence-corrected chi connectivity index (χ2v) is 8.04. The fourth-order valence-corrected chi connectivity index (χ4v) is 3.58. The van der Waals surface area contributed by atoms with Crippen molar-refractivity contribution in [1.29, 1.82) is 0 Å². The SMILES string of the molecule is CNC(c1ccc2c(c1)CCC(=O)N2C)C(C)S(C)(=O)=O. The van der Waals surface area contributed by atoms with E-state index >= 15 is 0 Å². The molecule has 2 rings (SSSR count). The van der Waals surface area contributed by atoms with Gasteiger partial charge in [0.1, 0.15) is 0 Å². The summed E-state index contributed by atoms with van der Waals surface area (Å²) in [5.41, 5.74) is 2.95. The molecule has 1 aromatic rings. The summed E-state index contributed by atoms with van der Waals surface area (Å²) in [6, 6.07) is 5.56. The number of fused-ring (bicyclic) bond motifs is 1. The zero-order chi connectivity index (χ0) is 15.8. The monoisotopic (exact) mass is 310 g/mol. The van der Waals surface area contributed by atoms with E-state index in [1.807, 2.05) is 18.2 Å². The van der Waals surface area contributed by atoms with Gasteiger partial charge < -0.3 is 10.2 Å². The number of nitrogens with one attached hydrogen (secondary N) is 1. The molecule has 116 valence electrons. The lowest BCUT2D eigenvalue weighted by Crippen LogP contribution is -2.34. The Bertz CT molecular complexity index is 655. The van der Waals surface area contributed by atoms with Crippen LogP contribution < -0.4 is 10.2 Å². The maximum atomic E-state index is 11.8. The molecule has 2 atom stereocenters. The summed E-state index contributed by atoms with van der Waals surface area (Å²) in [7, 11) is 0.408. The molecule has 21 heavy (non-hydrogen) atoms. The van der Waals surface area contributed by atoms with Crippen molar-refractivity contribution in [3.63, 3.8) is 0 Å². The largest absolute Gasteiger partial charge is 0.315 e. The van der Waals surface area contributed by atoms with Crippen molar-refractivity contribution in [3.05, 3.63) is 29.3 Å². The van der Waals surface area contributed by atoms with Gasteiger partial charge in [-0.25, -0.2) is 8.42 Å². The Labute approximate surface area is 126 Å². The Morgan fingerprint density at radius 3 is 2.52 bits per heavy atom. The van der Waals surface area contributed by atoms with Crippen molar-refractivity contribution in [2.75, 3.05) is 25.3 Å². The van der Waals surface area contributed by atoms with Crippen LogP contribution in [0.5, 0.6) is 0 Å². The highest BCUT2D eigenvalue weighted by Gasteiger charge is 2.28. The van der Waals surface area contributed by atoms with Crippen molar-refractivity contribution < 1.29 is 13.2 Å². The molecule has 0 aliphatic carbocycles. The van der Waals surface area contributed by atoms with E-state index in [0.717, 1.165) is 16.8 Å². The minimum atomic E-state index is -3.13. The van der Waals surface area contributed by atoms with Crippen LogP contribution >= 0.6 is 0 Å². The number of aryl methyl sites for hydroxylation is 1. The van der Waals surface area contributed by atoms with Crippen LogP contribution in [0.2, 0.25) is 0 Å². The molecule has 0 bridgehead atoms.